The van der Waals surface area contributed by atoms with Gasteiger partial charge >= 0.3 is 6.18 Å². The number of hydrogen-bond donors (Lipinski definition) is 0. The molecule has 0 saturated carbocycles. The Morgan fingerprint density at radius 2 is 2.00 bits per heavy atom. The van der Waals surface area contributed by atoms with Gasteiger partial charge in [0.15, 0.2) is 5.69 Å². The lowest BCUT2D eigenvalue weighted by molar-refractivity contribution is -0.141. The maximum Gasteiger partial charge on any atom is 0.435 e. The minimum absolute atomic E-state index is 0.00964. The summed E-state index contributed by atoms with van der Waals surface area (Å²) in [6, 6.07) is 7.20. The van der Waals surface area contributed by atoms with Crippen LogP contribution in [0.15, 0.2) is 30.3 Å². The van der Waals surface area contributed by atoms with Gasteiger partial charge in [0.05, 0.1) is 0 Å². The van der Waals surface area contributed by atoms with Crippen molar-refractivity contribution < 1.29 is 17.9 Å². The summed E-state index contributed by atoms with van der Waals surface area (Å²) >= 11 is 5.75. The molecule has 0 saturated heterocycles. The SMILES string of the molecule is Cn1nc(C(F)(F)F)cc1Oc1cccc(Cl)c1. The molecule has 96 valence electrons. The molecule has 0 atom stereocenters. The number of halogens is 4. The Balaban J connectivity index is 2.27. The van der Waals surface area contributed by atoms with Gasteiger partial charge in [0.25, 0.3) is 0 Å². The van der Waals surface area contributed by atoms with Crippen LogP contribution in [-0.2, 0) is 13.2 Å². The van der Waals surface area contributed by atoms with Crippen LogP contribution in [0.25, 0.3) is 0 Å². The molecule has 0 aliphatic rings. The zero-order valence-corrected chi connectivity index (χ0v) is 9.96. The third-order valence-corrected chi connectivity index (χ3v) is 2.38. The number of aromatic nitrogens is 2. The van der Waals surface area contributed by atoms with Gasteiger partial charge in [0.1, 0.15) is 5.75 Å². The maximum atomic E-state index is 12.4. The van der Waals surface area contributed by atoms with E-state index in [0.29, 0.717) is 10.8 Å². The highest BCUT2D eigenvalue weighted by molar-refractivity contribution is 6.30. The molecule has 1 aromatic carbocycles. The Kier molecular flexibility index (Phi) is 3.21. The molecule has 0 aliphatic heterocycles. The van der Waals surface area contributed by atoms with Crippen molar-refractivity contribution in [3.8, 4) is 11.6 Å². The predicted molar refractivity (Wildman–Crippen MR) is 59.7 cm³/mol. The van der Waals surface area contributed by atoms with E-state index in [0.717, 1.165) is 10.7 Å². The average Bonchev–Trinajstić information content (AvgIpc) is 2.60. The van der Waals surface area contributed by atoms with E-state index < -0.39 is 11.9 Å². The lowest BCUT2D eigenvalue weighted by atomic mass is 10.3. The Morgan fingerprint density at radius 1 is 1.28 bits per heavy atom. The van der Waals surface area contributed by atoms with Crippen LogP contribution >= 0.6 is 11.6 Å². The van der Waals surface area contributed by atoms with E-state index in [2.05, 4.69) is 5.10 Å². The molecule has 0 aliphatic carbocycles. The second-order valence-corrected chi connectivity index (χ2v) is 3.99. The summed E-state index contributed by atoms with van der Waals surface area (Å²) in [7, 11) is 1.37. The summed E-state index contributed by atoms with van der Waals surface area (Å²) in [5.41, 5.74) is -0.998. The number of ether oxygens (including phenoxy) is 1. The van der Waals surface area contributed by atoms with Gasteiger partial charge in [-0.05, 0) is 18.2 Å². The summed E-state index contributed by atoms with van der Waals surface area (Å²) in [5, 5.41) is 3.77. The highest BCUT2D eigenvalue weighted by Crippen LogP contribution is 2.32. The molecule has 7 heteroatoms. The second-order valence-electron chi connectivity index (χ2n) is 3.55. The maximum absolute atomic E-state index is 12.4. The fraction of sp³-hybridized carbons (Fsp3) is 0.182. The van der Waals surface area contributed by atoms with Gasteiger partial charge < -0.3 is 4.74 Å². The van der Waals surface area contributed by atoms with E-state index >= 15 is 0 Å². The largest absolute Gasteiger partial charge is 0.439 e. The first-order valence-electron chi connectivity index (χ1n) is 4.91. The van der Waals surface area contributed by atoms with Crippen molar-refractivity contribution in [3.63, 3.8) is 0 Å². The Labute approximate surface area is 106 Å². The molecule has 0 amide bonds. The zero-order valence-electron chi connectivity index (χ0n) is 9.20. The summed E-state index contributed by atoms with van der Waals surface area (Å²) in [5.74, 6) is 0.337. The van der Waals surface area contributed by atoms with E-state index in [9.17, 15) is 13.2 Å². The Morgan fingerprint density at radius 3 is 2.56 bits per heavy atom. The van der Waals surface area contributed by atoms with E-state index in [4.69, 9.17) is 16.3 Å². The summed E-state index contributed by atoms with van der Waals surface area (Å²) in [6.07, 6.45) is -4.49. The van der Waals surface area contributed by atoms with Crippen LogP contribution in [-0.4, -0.2) is 9.78 Å². The first-order valence-corrected chi connectivity index (χ1v) is 5.29. The quantitative estimate of drug-likeness (QED) is 0.832. The van der Waals surface area contributed by atoms with Crippen molar-refractivity contribution in [1.82, 2.24) is 9.78 Å². The van der Waals surface area contributed by atoms with Gasteiger partial charge in [-0.1, -0.05) is 17.7 Å². The molecule has 0 unspecified atom stereocenters. The lowest BCUT2D eigenvalue weighted by Gasteiger charge is -2.04. The van der Waals surface area contributed by atoms with Crippen LogP contribution in [0.4, 0.5) is 13.2 Å². The third-order valence-electron chi connectivity index (χ3n) is 2.15. The van der Waals surface area contributed by atoms with E-state index in [1.165, 1.54) is 13.1 Å². The van der Waals surface area contributed by atoms with Gasteiger partial charge in [-0.25, -0.2) is 4.68 Å². The molecule has 0 N–H and O–H groups in total. The highest BCUT2D eigenvalue weighted by Gasteiger charge is 2.35. The van der Waals surface area contributed by atoms with Crippen molar-refractivity contribution >= 4 is 11.6 Å². The smallest absolute Gasteiger partial charge is 0.435 e. The molecule has 1 aromatic heterocycles. The van der Waals surface area contributed by atoms with Gasteiger partial charge in [0, 0.05) is 18.1 Å². The van der Waals surface area contributed by atoms with Crippen LogP contribution in [0.3, 0.4) is 0 Å². The number of nitrogens with zero attached hydrogens (tertiary/aromatic N) is 2. The first kappa shape index (κ1) is 12.8. The first-order chi connectivity index (χ1) is 8.36. The van der Waals surface area contributed by atoms with Crippen LogP contribution in [0, 0.1) is 0 Å². The summed E-state index contributed by atoms with van der Waals surface area (Å²) < 4.78 is 43.6. The molecule has 0 spiro atoms. The number of benzene rings is 1. The number of hydrogen-bond acceptors (Lipinski definition) is 2. The molecule has 0 radical (unpaired) electrons. The average molecular weight is 277 g/mol. The number of rotatable bonds is 2. The third kappa shape index (κ3) is 2.76. The van der Waals surface area contributed by atoms with Gasteiger partial charge in [-0.15, -0.1) is 0 Å². The molecular weight excluding hydrogens is 269 g/mol. The monoisotopic (exact) mass is 276 g/mol. The predicted octanol–water partition coefficient (Wildman–Crippen LogP) is 3.88. The molecule has 3 nitrogen and oxygen atoms in total. The zero-order chi connectivity index (χ0) is 13.3. The Hall–Kier alpha value is -1.69. The normalized spacial score (nSPS) is 11.6. The molecular formula is C11H8ClF3N2O. The molecule has 2 aromatic rings. The fourth-order valence-electron chi connectivity index (χ4n) is 1.34. The van der Waals surface area contributed by atoms with E-state index in [-0.39, 0.29) is 5.88 Å². The van der Waals surface area contributed by atoms with Crippen molar-refractivity contribution in [2.24, 2.45) is 7.05 Å². The van der Waals surface area contributed by atoms with E-state index in [1.807, 2.05) is 0 Å². The highest BCUT2D eigenvalue weighted by atomic mass is 35.5. The van der Waals surface area contributed by atoms with Gasteiger partial charge in [-0.2, -0.15) is 18.3 Å². The topological polar surface area (TPSA) is 27.1 Å². The molecule has 2 rings (SSSR count). The number of alkyl halides is 3. The molecule has 0 fully saturated rings. The van der Waals surface area contributed by atoms with E-state index in [1.54, 1.807) is 18.2 Å². The molecule has 1 heterocycles. The van der Waals surface area contributed by atoms with Gasteiger partial charge in [0.2, 0.25) is 5.88 Å². The van der Waals surface area contributed by atoms with Crippen molar-refractivity contribution in [1.29, 1.82) is 0 Å². The van der Waals surface area contributed by atoms with Crippen LogP contribution < -0.4 is 4.74 Å². The molecule has 0 bridgehead atoms. The second kappa shape index (κ2) is 4.53. The van der Waals surface area contributed by atoms with Crippen LogP contribution in [0.1, 0.15) is 5.69 Å². The fourth-order valence-corrected chi connectivity index (χ4v) is 1.52. The number of aryl methyl sites for hydroxylation is 1. The van der Waals surface area contributed by atoms with Crippen LogP contribution in [0.5, 0.6) is 11.6 Å². The lowest BCUT2D eigenvalue weighted by Crippen LogP contribution is -2.06. The van der Waals surface area contributed by atoms with Crippen molar-refractivity contribution in [2.45, 2.75) is 6.18 Å². The summed E-state index contributed by atoms with van der Waals surface area (Å²) in [4.78, 5) is 0. The minimum Gasteiger partial charge on any atom is -0.439 e. The summed E-state index contributed by atoms with van der Waals surface area (Å²) in [6.45, 7) is 0. The van der Waals surface area contributed by atoms with Gasteiger partial charge in [-0.3, -0.25) is 0 Å². The molecule has 18 heavy (non-hydrogen) atoms. The Bertz CT molecular complexity index is 566. The van der Waals surface area contributed by atoms with Crippen LogP contribution in [0.2, 0.25) is 5.02 Å². The minimum atomic E-state index is -4.49. The van der Waals surface area contributed by atoms with Crippen molar-refractivity contribution in [3.05, 3.63) is 41.0 Å². The van der Waals surface area contributed by atoms with Crippen molar-refractivity contribution in [2.75, 3.05) is 0 Å². The standard InChI is InChI=1S/C11H8ClF3N2O/c1-17-10(6-9(16-17)11(13,14)15)18-8-4-2-3-7(12)5-8/h2-6H,1H3.